The van der Waals surface area contributed by atoms with E-state index in [1.165, 1.54) is 12.1 Å². The Morgan fingerprint density at radius 3 is 2.12 bits per heavy atom. The molecule has 1 aliphatic heterocycles. The highest BCUT2D eigenvalue weighted by atomic mass is 32.2. The SMILES string of the molecule is O=C([C@@H](Cc1ccccc1)NS(=O)(=O)c1ccccc1)N1CCCCC1. The summed E-state index contributed by atoms with van der Waals surface area (Å²) < 4.78 is 28.1. The maximum absolute atomic E-state index is 13.0. The third-order valence-corrected chi connectivity index (χ3v) is 6.09. The molecule has 2 aromatic carbocycles. The smallest absolute Gasteiger partial charge is 0.241 e. The Morgan fingerprint density at radius 2 is 1.50 bits per heavy atom. The van der Waals surface area contributed by atoms with Gasteiger partial charge in [-0.2, -0.15) is 4.72 Å². The van der Waals surface area contributed by atoms with Gasteiger partial charge in [0.15, 0.2) is 0 Å². The van der Waals surface area contributed by atoms with Crippen molar-refractivity contribution >= 4 is 15.9 Å². The lowest BCUT2D eigenvalue weighted by molar-refractivity contribution is -0.133. The number of nitrogens with zero attached hydrogens (tertiary/aromatic N) is 1. The molecule has 5 nitrogen and oxygen atoms in total. The van der Waals surface area contributed by atoms with Crippen LogP contribution in [0.2, 0.25) is 0 Å². The van der Waals surface area contributed by atoms with Gasteiger partial charge in [-0.25, -0.2) is 8.42 Å². The van der Waals surface area contributed by atoms with Crippen LogP contribution in [0.1, 0.15) is 24.8 Å². The number of carbonyl (C=O) groups is 1. The molecule has 3 rings (SSSR count). The molecule has 1 fully saturated rings. The van der Waals surface area contributed by atoms with Crippen molar-refractivity contribution in [3.8, 4) is 0 Å². The number of likely N-dealkylation sites (tertiary alicyclic amines) is 1. The van der Waals surface area contributed by atoms with Crippen molar-refractivity contribution in [2.75, 3.05) is 13.1 Å². The molecule has 1 heterocycles. The Hall–Kier alpha value is -2.18. The number of nitrogens with one attached hydrogen (secondary N) is 1. The standard InChI is InChI=1S/C20H24N2O3S/c23-20(22-14-8-3-9-15-22)19(16-17-10-4-1-5-11-17)21-26(24,25)18-12-6-2-7-13-18/h1-2,4-7,10-13,19,21H,3,8-9,14-16H2/t19-/m1/s1. The van der Waals surface area contributed by atoms with Gasteiger partial charge in [0.05, 0.1) is 4.90 Å². The molecule has 1 aliphatic rings. The average Bonchev–Trinajstić information content (AvgIpc) is 2.69. The molecular formula is C20H24N2O3S. The van der Waals surface area contributed by atoms with E-state index in [2.05, 4.69) is 4.72 Å². The van der Waals surface area contributed by atoms with E-state index < -0.39 is 16.1 Å². The summed E-state index contributed by atoms with van der Waals surface area (Å²) in [6, 6.07) is 16.9. The Bertz CT molecular complexity index is 817. The molecule has 0 radical (unpaired) electrons. The van der Waals surface area contributed by atoms with E-state index in [-0.39, 0.29) is 10.8 Å². The lowest BCUT2D eigenvalue weighted by Gasteiger charge is -2.30. The summed E-state index contributed by atoms with van der Waals surface area (Å²) in [5.74, 6) is -0.145. The Kier molecular flexibility index (Phi) is 6.06. The molecule has 0 aliphatic carbocycles. The number of benzene rings is 2. The topological polar surface area (TPSA) is 66.5 Å². The van der Waals surface area contributed by atoms with Crippen LogP contribution < -0.4 is 4.72 Å². The van der Waals surface area contributed by atoms with Crippen LogP contribution in [-0.4, -0.2) is 38.4 Å². The Labute approximate surface area is 155 Å². The summed E-state index contributed by atoms with van der Waals surface area (Å²) in [4.78, 5) is 15.0. The summed E-state index contributed by atoms with van der Waals surface area (Å²) in [7, 11) is -3.76. The van der Waals surface area contributed by atoms with Crippen LogP contribution in [-0.2, 0) is 21.2 Å². The summed E-state index contributed by atoms with van der Waals surface area (Å²) in [6.07, 6.45) is 3.38. The van der Waals surface area contributed by atoms with Crippen molar-refractivity contribution < 1.29 is 13.2 Å². The van der Waals surface area contributed by atoms with Crippen molar-refractivity contribution in [1.29, 1.82) is 0 Å². The van der Waals surface area contributed by atoms with Gasteiger partial charge in [-0.3, -0.25) is 4.79 Å². The van der Waals surface area contributed by atoms with Crippen LogP contribution in [0.4, 0.5) is 0 Å². The molecule has 1 amide bonds. The maximum atomic E-state index is 13.0. The third-order valence-electron chi connectivity index (χ3n) is 4.60. The third kappa shape index (κ3) is 4.71. The zero-order valence-electron chi connectivity index (χ0n) is 14.7. The van der Waals surface area contributed by atoms with E-state index in [1.807, 2.05) is 30.3 Å². The maximum Gasteiger partial charge on any atom is 0.241 e. The molecule has 1 N–H and O–H groups in total. The summed E-state index contributed by atoms with van der Waals surface area (Å²) >= 11 is 0. The molecule has 1 atom stereocenters. The number of piperidine rings is 1. The molecule has 0 unspecified atom stereocenters. The second kappa shape index (κ2) is 8.47. The van der Waals surface area contributed by atoms with Crippen LogP contribution in [0.25, 0.3) is 0 Å². The van der Waals surface area contributed by atoms with Crippen LogP contribution in [0, 0.1) is 0 Å². The number of hydrogen-bond donors (Lipinski definition) is 1. The van der Waals surface area contributed by atoms with E-state index in [9.17, 15) is 13.2 Å². The fraction of sp³-hybridized carbons (Fsp3) is 0.350. The first kappa shape index (κ1) is 18.6. The van der Waals surface area contributed by atoms with E-state index in [0.717, 1.165) is 24.8 Å². The highest BCUT2D eigenvalue weighted by molar-refractivity contribution is 7.89. The highest BCUT2D eigenvalue weighted by Crippen LogP contribution is 2.15. The van der Waals surface area contributed by atoms with Crippen LogP contribution in [0.3, 0.4) is 0 Å². The minimum absolute atomic E-state index is 0.145. The predicted octanol–water partition coefficient (Wildman–Crippen LogP) is 2.59. The van der Waals surface area contributed by atoms with Crippen molar-refractivity contribution in [3.05, 3.63) is 66.2 Å². The van der Waals surface area contributed by atoms with Crippen molar-refractivity contribution in [1.82, 2.24) is 9.62 Å². The van der Waals surface area contributed by atoms with Gasteiger partial charge in [0.2, 0.25) is 15.9 Å². The van der Waals surface area contributed by atoms with Gasteiger partial charge in [0.25, 0.3) is 0 Å². The fourth-order valence-corrected chi connectivity index (χ4v) is 4.43. The number of sulfonamides is 1. The van der Waals surface area contributed by atoms with Crippen LogP contribution >= 0.6 is 0 Å². The molecule has 2 aromatic rings. The second-order valence-corrected chi connectivity index (χ2v) is 8.28. The van der Waals surface area contributed by atoms with E-state index in [1.54, 1.807) is 23.1 Å². The van der Waals surface area contributed by atoms with Gasteiger partial charge in [-0.15, -0.1) is 0 Å². The van der Waals surface area contributed by atoms with Crippen molar-refractivity contribution in [3.63, 3.8) is 0 Å². The number of rotatable bonds is 6. The molecule has 0 bridgehead atoms. The van der Waals surface area contributed by atoms with E-state index in [0.29, 0.717) is 19.5 Å². The van der Waals surface area contributed by atoms with Gasteiger partial charge in [0, 0.05) is 13.1 Å². The van der Waals surface area contributed by atoms with Crippen molar-refractivity contribution in [2.24, 2.45) is 0 Å². The largest absolute Gasteiger partial charge is 0.341 e. The molecular weight excluding hydrogens is 348 g/mol. The average molecular weight is 372 g/mol. The van der Waals surface area contributed by atoms with Gasteiger partial charge in [-0.05, 0) is 43.4 Å². The molecule has 6 heteroatoms. The minimum atomic E-state index is -3.76. The zero-order chi connectivity index (χ0) is 18.4. The van der Waals surface area contributed by atoms with Crippen LogP contribution in [0.15, 0.2) is 65.6 Å². The number of amides is 1. The van der Waals surface area contributed by atoms with Gasteiger partial charge in [-0.1, -0.05) is 48.5 Å². The van der Waals surface area contributed by atoms with E-state index >= 15 is 0 Å². The van der Waals surface area contributed by atoms with Crippen molar-refractivity contribution in [2.45, 2.75) is 36.6 Å². The first-order chi connectivity index (χ1) is 12.6. The predicted molar refractivity (Wildman–Crippen MR) is 101 cm³/mol. The molecule has 138 valence electrons. The lowest BCUT2D eigenvalue weighted by Crippen LogP contribution is -2.50. The molecule has 0 aromatic heterocycles. The highest BCUT2D eigenvalue weighted by Gasteiger charge is 2.30. The molecule has 1 saturated heterocycles. The summed E-state index contributed by atoms with van der Waals surface area (Å²) in [5.41, 5.74) is 0.929. The van der Waals surface area contributed by atoms with Gasteiger partial charge >= 0.3 is 0 Å². The van der Waals surface area contributed by atoms with Gasteiger partial charge < -0.3 is 4.90 Å². The zero-order valence-corrected chi connectivity index (χ0v) is 15.5. The second-order valence-electron chi connectivity index (χ2n) is 6.56. The molecule has 26 heavy (non-hydrogen) atoms. The first-order valence-corrected chi connectivity index (χ1v) is 10.4. The first-order valence-electron chi connectivity index (χ1n) is 8.96. The number of hydrogen-bond acceptors (Lipinski definition) is 3. The van der Waals surface area contributed by atoms with E-state index in [4.69, 9.17) is 0 Å². The normalized spacial score (nSPS) is 16.2. The van der Waals surface area contributed by atoms with Crippen LogP contribution in [0.5, 0.6) is 0 Å². The molecule has 0 spiro atoms. The monoisotopic (exact) mass is 372 g/mol. The Morgan fingerprint density at radius 1 is 0.923 bits per heavy atom. The Balaban J connectivity index is 1.83. The number of carbonyl (C=O) groups excluding carboxylic acids is 1. The summed E-state index contributed by atoms with van der Waals surface area (Å²) in [6.45, 7) is 1.38. The fourth-order valence-electron chi connectivity index (χ4n) is 3.22. The summed E-state index contributed by atoms with van der Waals surface area (Å²) in [5, 5.41) is 0. The van der Waals surface area contributed by atoms with Gasteiger partial charge in [0.1, 0.15) is 6.04 Å². The molecule has 0 saturated carbocycles. The quantitative estimate of drug-likeness (QED) is 0.848. The lowest BCUT2D eigenvalue weighted by atomic mass is 10.0. The minimum Gasteiger partial charge on any atom is -0.341 e.